The first kappa shape index (κ1) is 20.0. The Balaban J connectivity index is 0. The van der Waals surface area contributed by atoms with Crippen LogP contribution in [0.4, 0.5) is 0 Å². The first-order valence-electron chi connectivity index (χ1n) is 5.85. The van der Waals surface area contributed by atoms with E-state index in [1.807, 2.05) is 6.08 Å². The Morgan fingerprint density at radius 1 is 1.22 bits per heavy atom. The second-order valence-corrected chi connectivity index (χ2v) is 3.88. The normalized spacial score (nSPS) is 10.6. The van der Waals surface area contributed by atoms with Crippen LogP contribution in [-0.4, -0.2) is 41.6 Å². The molecule has 0 atom stereocenters. The minimum Gasteiger partial charge on any atom is -0.549 e. The molecule has 0 aromatic rings. The molecule has 0 heterocycles. The second kappa shape index (κ2) is 13.1. The van der Waals surface area contributed by atoms with Crippen molar-refractivity contribution in [1.29, 1.82) is 0 Å². The van der Waals surface area contributed by atoms with Gasteiger partial charge in [0.05, 0.1) is 12.5 Å². The van der Waals surface area contributed by atoms with Crippen LogP contribution in [-0.2, 0) is 9.59 Å². The molecule has 6 heteroatoms. The van der Waals surface area contributed by atoms with Gasteiger partial charge in [0.25, 0.3) is 0 Å². The van der Waals surface area contributed by atoms with Gasteiger partial charge >= 0.3 is 35.5 Å². The van der Waals surface area contributed by atoms with Crippen LogP contribution in [0.25, 0.3) is 0 Å². The van der Waals surface area contributed by atoms with Gasteiger partial charge in [0.2, 0.25) is 0 Å². The van der Waals surface area contributed by atoms with Crippen molar-refractivity contribution in [2.75, 3.05) is 19.6 Å². The van der Waals surface area contributed by atoms with Gasteiger partial charge in [0.1, 0.15) is 0 Å². The number of nitrogens with zero attached hydrogens (tertiary/aromatic N) is 1. The summed E-state index contributed by atoms with van der Waals surface area (Å²) in [4.78, 5) is 22.3. The van der Waals surface area contributed by atoms with Gasteiger partial charge in [-0.1, -0.05) is 25.5 Å². The van der Waals surface area contributed by atoms with Gasteiger partial charge in [0, 0.05) is 6.54 Å². The quantitative estimate of drug-likeness (QED) is 0.263. The fourth-order valence-electron chi connectivity index (χ4n) is 1.42. The Kier molecular flexibility index (Phi) is 14.5. The third kappa shape index (κ3) is 13.7. The average molecular weight is 265 g/mol. The van der Waals surface area contributed by atoms with Crippen LogP contribution in [0.3, 0.4) is 0 Å². The summed E-state index contributed by atoms with van der Waals surface area (Å²) in [5.41, 5.74) is 0. The maximum atomic E-state index is 10.5. The monoisotopic (exact) mass is 265 g/mol. The third-order valence-corrected chi connectivity index (χ3v) is 2.18. The molecule has 98 valence electrons. The smallest absolute Gasteiger partial charge is 0.549 e. The minimum absolute atomic E-state index is 0. The van der Waals surface area contributed by atoms with Gasteiger partial charge in [-0.3, -0.25) is 9.69 Å². The number of allylic oxidation sites excluding steroid dienone is 2. The van der Waals surface area contributed by atoms with Crippen molar-refractivity contribution in [3.63, 3.8) is 0 Å². The summed E-state index contributed by atoms with van der Waals surface area (Å²) >= 11 is 0. The van der Waals surface area contributed by atoms with Crippen LogP contribution in [0.5, 0.6) is 0 Å². The Hall–Kier alpha value is -0.360. The van der Waals surface area contributed by atoms with E-state index in [4.69, 9.17) is 5.11 Å². The number of carboxylic acid groups (broad SMARTS) is 2. The molecule has 0 aliphatic carbocycles. The predicted molar refractivity (Wildman–Crippen MR) is 62.4 cm³/mol. The van der Waals surface area contributed by atoms with E-state index in [1.54, 1.807) is 0 Å². The summed E-state index contributed by atoms with van der Waals surface area (Å²) in [6, 6.07) is 0. The largest absolute Gasteiger partial charge is 1.00 e. The first-order chi connectivity index (χ1) is 8.06. The van der Waals surface area contributed by atoms with Crippen molar-refractivity contribution >= 4 is 11.9 Å². The van der Waals surface area contributed by atoms with E-state index in [9.17, 15) is 14.7 Å². The van der Waals surface area contributed by atoms with Crippen molar-refractivity contribution in [3.8, 4) is 0 Å². The molecule has 0 rings (SSSR count). The summed E-state index contributed by atoms with van der Waals surface area (Å²) in [7, 11) is 0. The van der Waals surface area contributed by atoms with E-state index in [0.717, 1.165) is 25.7 Å². The van der Waals surface area contributed by atoms with Gasteiger partial charge in [-0.25, -0.2) is 0 Å². The van der Waals surface area contributed by atoms with Crippen molar-refractivity contribution in [3.05, 3.63) is 12.2 Å². The number of unbranched alkanes of at least 4 members (excludes halogenated alkanes) is 2. The van der Waals surface area contributed by atoms with E-state index in [-0.39, 0.29) is 42.6 Å². The van der Waals surface area contributed by atoms with Crippen molar-refractivity contribution in [2.45, 2.75) is 32.6 Å². The van der Waals surface area contributed by atoms with Crippen LogP contribution >= 0.6 is 0 Å². The van der Waals surface area contributed by atoms with Crippen LogP contribution in [0, 0.1) is 0 Å². The number of aliphatic carboxylic acids is 2. The molecule has 0 saturated heterocycles. The summed E-state index contributed by atoms with van der Waals surface area (Å²) < 4.78 is 0. The summed E-state index contributed by atoms with van der Waals surface area (Å²) in [5.74, 6) is -2.26. The van der Waals surface area contributed by atoms with E-state index in [2.05, 4.69) is 13.0 Å². The summed E-state index contributed by atoms with van der Waals surface area (Å²) in [5, 5.41) is 19.0. The Bertz CT molecular complexity index is 253. The van der Waals surface area contributed by atoms with Crippen LogP contribution in [0.15, 0.2) is 12.2 Å². The fraction of sp³-hybridized carbons (Fsp3) is 0.667. The Morgan fingerprint density at radius 2 is 1.83 bits per heavy atom. The molecule has 0 aliphatic heterocycles. The summed E-state index contributed by atoms with van der Waals surface area (Å²) in [6.07, 6.45) is 7.86. The summed E-state index contributed by atoms with van der Waals surface area (Å²) in [6.45, 7) is 1.97. The number of hydrogen-bond donors (Lipinski definition) is 1. The molecular formula is C12H20NNaO4. The standard InChI is InChI=1S/C12H21NO4.Na/c1-2-3-4-5-6-7-8-13(9-11(14)15)10-12(16)17;/h4-5H,2-3,6-10H2,1H3,(H,14,15)(H,16,17);/q;+1/p-1/b5-4+;. The van der Waals surface area contributed by atoms with Gasteiger partial charge in [-0.05, 0) is 25.8 Å². The molecule has 5 nitrogen and oxygen atoms in total. The molecule has 0 fully saturated rings. The zero-order valence-electron chi connectivity index (χ0n) is 11.2. The number of rotatable bonds is 10. The van der Waals surface area contributed by atoms with Crippen molar-refractivity contribution in [2.24, 2.45) is 0 Å². The molecule has 0 amide bonds. The number of carbonyl (C=O) groups excluding carboxylic acids is 1. The SMILES string of the molecule is CCC/C=C/CCCN(CC(=O)[O-])CC(=O)O.[Na+]. The molecule has 1 N–H and O–H groups in total. The number of carbonyl (C=O) groups is 2. The van der Waals surface area contributed by atoms with Gasteiger partial charge in [0.15, 0.2) is 0 Å². The molecule has 0 bridgehead atoms. The molecule has 0 saturated carbocycles. The first-order valence-corrected chi connectivity index (χ1v) is 5.85. The molecule has 0 spiro atoms. The zero-order valence-corrected chi connectivity index (χ0v) is 13.2. The molecule has 0 aromatic heterocycles. The molecule has 0 aromatic carbocycles. The van der Waals surface area contributed by atoms with E-state index < -0.39 is 11.9 Å². The molecule has 18 heavy (non-hydrogen) atoms. The van der Waals surface area contributed by atoms with Gasteiger partial charge in [-0.15, -0.1) is 0 Å². The van der Waals surface area contributed by atoms with Gasteiger partial charge in [-0.2, -0.15) is 0 Å². The number of carboxylic acids is 2. The second-order valence-electron chi connectivity index (χ2n) is 3.88. The number of hydrogen-bond acceptors (Lipinski definition) is 4. The Morgan fingerprint density at radius 3 is 2.33 bits per heavy atom. The average Bonchev–Trinajstić information content (AvgIpc) is 2.21. The van der Waals surface area contributed by atoms with E-state index in [0.29, 0.717) is 6.54 Å². The molecule has 0 unspecified atom stereocenters. The van der Waals surface area contributed by atoms with Gasteiger partial charge < -0.3 is 15.0 Å². The van der Waals surface area contributed by atoms with Crippen molar-refractivity contribution in [1.82, 2.24) is 4.90 Å². The Labute approximate surface area is 130 Å². The zero-order chi connectivity index (χ0) is 13.1. The maximum absolute atomic E-state index is 10.5. The molecule has 0 aliphatic rings. The fourth-order valence-corrected chi connectivity index (χ4v) is 1.42. The third-order valence-electron chi connectivity index (χ3n) is 2.18. The maximum Gasteiger partial charge on any atom is 1.00 e. The van der Waals surface area contributed by atoms with Crippen LogP contribution in [0.1, 0.15) is 32.6 Å². The topological polar surface area (TPSA) is 80.7 Å². The van der Waals surface area contributed by atoms with E-state index in [1.165, 1.54) is 4.90 Å². The predicted octanol–water partition coefficient (Wildman–Crippen LogP) is -2.74. The van der Waals surface area contributed by atoms with E-state index >= 15 is 0 Å². The molecular weight excluding hydrogens is 245 g/mol. The van der Waals surface area contributed by atoms with Crippen LogP contribution in [0.2, 0.25) is 0 Å². The minimum atomic E-state index is -1.24. The van der Waals surface area contributed by atoms with Crippen LogP contribution < -0.4 is 34.7 Å². The molecule has 0 radical (unpaired) electrons. The van der Waals surface area contributed by atoms with Crippen molar-refractivity contribution < 1.29 is 49.4 Å².